The summed E-state index contributed by atoms with van der Waals surface area (Å²) in [5.41, 5.74) is -0.584. The molecule has 1 amide bonds. The third-order valence-electron chi connectivity index (χ3n) is 4.64. The second-order valence-electron chi connectivity index (χ2n) is 6.25. The molecule has 0 aromatic rings. The first-order chi connectivity index (χ1) is 8.68. The molecule has 3 heteroatoms. The number of rotatable bonds is 6. The molecule has 0 spiro atoms. The fraction of sp³-hybridized carbons (Fsp3) is 0.933. The fourth-order valence-corrected chi connectivity index (χ4v) is 3.14. The first-order valence-electron chi connectivity index (χ1n) is 7.67. The topological polar surface area (TPSA) is 49.3 Å². The Morgan fingerprint density at radius 1 is 1.17 bits per heavy atom. The molecule has 0 bridgehead atoms. The molecule has 0 unspecified atom stereocenters. The number of hydrogen-bond acceptors (Lipinski definition) is 2. The molecule has 18 heavy (non-hydrogen) atoms. The molecular weight excluding hydrogens is 226 g/mol. The first-order valence-corrected chi connectivity index (χ1v) is 7.67. The molecule has 0 aromatic carbocycles. The van der Waals surface area contributed by atoms with Crippen LogP contribution in [-0.4, -0.2) is 23.2 Å². The molecule has 2 saturated carbocycles. The summed E-state index contributed by atoms with van der Waals surface area (Å²) in [5, 5.41) is 12.7. The van der Waals surface area contributed by atoms with E-state index in [1.165, 1.54) is 38.5 Å². The lowest BCUT2D eigenvalue weighted by Crippen LogP contribution is -2.47. The summed E-state index contributed by atoms with van der Waals surface area (Å²) in [7, 11) is 0. The Balaban J connectivity index is 1.51. The second-order valence-corrected chi connectivity index (χ2v) is 6.25. The van der Waals surface area contributed by atoms with Crippen LogP contribution in [0.2, 0.25) is 0 Å². The van der Waals surface area contributed by atoms with Gasteiger partial charge >= 0.3 is 0 Å². The van der Waals surface area contributed by atoms with Crippen molar-refractivity contribution in [3.8, 4) is 0 Å². The van der Waals surface area contributed by atoms with Gasteiger partial charge in [-0.15, -0.1) is 0 Å². The van der Waals surface area contributed by atoms with E-state index >= 15 is 0 Å². The standard InChI is InChI=1S/C15H27NO2/c17-14(16-12-15(18)10-5-11-15)9-4-8-13-6-2-1-3-7-13/h13,18H,1-12H2,(H,16,17). The molecule has 104 valence electrons. The largest absolute Gasteiger partial charge is 0.388 e. The third kappa shape index (κ3) is 4.27. The van der Waals surface area contributed by atoms with E-state index in [2.05, 4.69) is 5.32 Å². The van der Waals surface area contributed by atoms with Gasteiger partial charge in [0.25, 0.3) is 0 Å². The van der Waals surface area contributed by atoms with Gasteiger partial charge in [-0.25, -0.2) is 0 Å². The summed E-state index contributed by atoms with van der Waals surface area (Å²) < 4.78 is 0. The maximum atomic E-state index is 11.6. The van der Waals surface area contributed by atoms with Crippen molar-refractivity contribution in [3.05, 3.63) is 0 Å². The van der Waals surface area contributed by atoms with Crippen molar-refractivity contribution in [3.63, 3.8) is 0 Å². The van der Waals surface area contributed by atoms with Crippen molar-refractivity contribution in [1.29, 1.82) is 0 Å². The van der Waals surface area contributed by atoms with Crippen LogP contribution in [0, 0.1) is 5.92 Å². The minimum absolute atomic E-state index is 0.117. The monoisotopic (exact) mass is 253 g/mol. The molecule has 2 rings (SSSR count). The Bertz CT molecular complexity index is 268. The first kappa shape index (κ1) is 13.9. The number of carbonyl (C=O) groups is 1. The third-order valence-corrected chi connectivity index (χ3v) is 4.64. The van der Waals surface area contributed by atoms with Crippen LogP contribution in [0.5, 0.6) is 0 Å². The van der Waals surface area contributed by atoms with Crippen molar-refractivity contribution in [2.45, 2.75) is 76.2 Å². The Kier molecular flexibility index (Phi) is 5.04. The van der Waals surface area contributed by atoms with E-state index < -0.39 is 5.60 Å². The summed E-state index contributed by atoms with van der Waals surface area (Å²) >= 11 is 0. The normalized spacial score (nSPS) is 23.4. The van der Waals surface area contributed by atoms with Crippen LogP contribution in [0.15, 0.2) is 0 Å². The number of carbonyl (C=O) groups excluding carboxylic acids is 1. The maximum absolute atomic E-state index is 11.6. The second kappa shape index (κ2) is 6.55. The Labute approximate surface area is 110 Å². The van der Waals surface area contributed by atoms with Gasteiger partial charge in [0.05, 0.1) is 5.60 Å². The van der Waals surface area contributed by atoms with Gasteiger partial charge in [0.1, 0.15) is 0 Å². The van der Waals surface area contributed by atoms with E-state index in [1.807, 2.05) is 0 Å². The molecular formula is C15H27NO2. The number of hydrogen-bond donors (Lipinski definition) is 2. The van der Waals surface area contributed by atoms with E-state index in [0.717, 1.165) is 31.6 Å². The average Bonchev–Trinajstić information content (AvgIpc) is 2.35. The Morgan fingerprint density at radius 3 is 2.50 bits per heavy atom. The summed E-state index contributed by atoms with van der Waals surface area (Å²) in [6, 6.07) is 0. The van der Waals surface area contributed by atoms with Crippen molar-refractivity contribution >= 4 is 5.91 Å². The summed E-state index contributed by atoms with van der Waals surface area (Å²) in [5.74, 6) is 0.980. The Hall–Kier alpha value is -0.570. The lowest BCUT2D eigenvalue weighted by Gasteiger charge is -2.36. The molecule has 2 aliphatic carbocycles. The number of amides is 1. The highest BCUT2D eigenvalue weighted by Crippen LogP contribution is 2.30. The van der Waals surface area contributed by atoms with Crippen LogP contribution in [0.4, 0.5) is 0 Å². The Morgan fingerprint density at radius 2 is 1.89 bits per heavy atom. The zero-order valence-corrected chi connectivity index (χ0v) is 11.4. The molecule has 0 aromatic heterocycles. The summed E-state index contributed by atoms with van der Waals surface area (Å²) in [6.45, 7) is 0.454. The molecule has 3 nitrogen and oxygen atoms in total. The molecule has 0 radical (unpaired) electrons. The predicted molar refractivity (Wildman–Crippen MR) is 72.2 cm³/mol. The highest BCUT2D eigenvalue weighted by Gasteiger charge is 2.34. The van der Waals surface area contributed by atoms with Crippen LogP contribution < -0.4 is 5.32 Å². The smallest absolute Gasteiger partial charge is 0.220 e. The van der Waals surface area contributed by atoms with Crippen LogP contribution in [0.25, 0.3) is 0 Å². The van der Waals surface area contributed by atoms with Gasteiger partial charge in [0.2, 0.25) is 5.91 Å². The van der Waals surface area contributed by atoms with Gasteiger partial charge < -0.3 is 10.4 Å². The lowest BCUT2D eigenvalue weighted by atomic mass is 9.80. The van der Waals surface area contributed by atoms with Crippen LogP contribution in [-0.2, 0) is 4.79 Å². The summed E-state index contributed by atoms with van der Waals surface area (Å²) in [4.78, 5) is 11.6. The van der Waals surface area contributed by atoms with Gasteiger partial charge in [-0.3, -0.25) is 4.79 Å². The van der Waals surface area contributed by atoms with E-state index in [1.54, 1.807) is 0 Å². The molecule has 0 aliphatic heterocycles. The molecule has 0 saturated heterocycles. The van der Waals surface area contributed by atoms with E-state index in [-0.39, 0.29) is 5.91 Å². The zero-order chi connectivity index (χ0) is 12.8. The van der Waals surface area contributed by atoms with Crippen molar-refractivity contribution in [2.24, 2.45) is 5.92 Å². The predicted octanol–water partition coefficient (Wildman–Crippen LogP) is 2.77. The fourth-order valence-electron chi connectivity index (χ4n) is 3.14. The average molecular weight is 253 g/mol. The van der Waals surface area contributed by atoms with Crippen LogP contribution in [0.3, 0.4) is 0 Å². The molecule has 0 atom stereocenters. The van der Waals surface area contributed by atoms with Gasteiger partial charge in [-0.1, -0.05) is 32.1 Å². The van der Waals surface area contributed by atoms with Gasteiger partial charge in [-0.2, -0.15) is 0 Å². The van der Waals surface area contributed by atoms with E-state index in [0.29, 0.717) is 13.0 Å². The maximum Gasteiger partial charge on any atom is 0.220 e. The van der Waals surface area contributed by atoms with Gasteiger partial charge in [-0.05, 0) is 38.0 Å². The number of aliphatic hydroxyl groups is 1. The molecule has 2 fully saturated rings. The minimum Gasteiger partial charge on any atom is -0.388 e. The molecule has 2 N–H and O–H groups in total. The quantitative estimate of drug-likeness (QED) is 0.764. The van der Waals surface area contributed by atoms with E-state index in [4.69, 9.17) is 0 Å². The molecule has 0 heterocycles. The highest BCUT2D eigenvalue weighted by atomic mass is 16.3. The SMILES string of the molecule is O=C(CCCC1CCCCC1)NCC1(O)CCC1. The van der Waals surface area contributed by atoms with Crippen molar-refractivity contribution in [2.75, 3.05) is 6.54 Å². The highest BCUT2D eigenvalue weighted by molar-refractivity contribution is 5.75. The minimum atomic E-state index is -0.584. The van der Waals surface area contributed by atoms with Crippen molar-refractivity contribution < 1.29 is 9.90 Å². The summed E-state index contributed by atoms with van der Waals surface area (Å²) in [6.07, 6.45) is 12.5. The number of nitrogens with one attached hydrogen (secondary N) is 1. The van der Waals surface area contributed by atoms with Crippen LogP contribution in [0.1, 0.15) is 70.6 Å². The molecule has 2 aliphatic rings. The lowest BCUT2D eigenvalue weighted by molar-refractivity contribution is -0.123. The zero-order valence-electron chi connectivity index (χ0n) is 11.4. The van der Waals surface area contributed by atoms with E-state index in [9.17, 15) is 9.90 Å². The van der Waals surface area contributed by atoms with Gasteiger partial charge in [0.15, 0.2) is 0 Å². The van der Waals surface area contributed by atoms with Crippen molar-refractivity contribution in [1.82, 2.24) is 5.32 Å². The van der Waals surface area contributed by atoms with Gasteiger partial charge in [0, 0.05) is 13.0 Å². The van der Waals surface area contributed by atoms with Crippen LogP contribution >= 0.6 is 0 Å².